The van der Waals surface area contributed by atoms with Crippen LogP contribution in [0.4, 0.5) is 19.3 Å². The first-order valence-electron chi connectivity index (χ1n) is 8.07. The average Bonchev–Trinajstić information content (AvgIpc) is 3.00. The Labute approximate surface area is 149 Å². The van der Waals surface area contributed by atoms with Gasteiger partial charge in [-0.1, -0.05) is 12.1 Å². The Kier molecular flexibility index (Phi) is 4.97. The van der Waals surface area contributed by atoms with Gasteiger partial charge in [0.1, 0.15) is 11.6 Å². The van der Waals surface area contributed by atoms with E-state index in [0.717, 1.165) is 23.5 Å². The topological polar surface area (TPSA) is 59.0 Å². The van der Waals surface area contributed by atoms with Gasteiger partial charge in [0.2, 0.25) is 0 Å². The molecule has 7 heteroatoms. The molecule has 0 aliphatic carbocycles. The number of carbonyl (C=O) groups is 1. The second-order valence-corrected chi connectivity index (χ2v) is 5.92. The van der Waals surface area contributed by atoms with Crippen LogP contribution in [0.25, 0.3) is 5.69 Å². The summed E-state index contributed by atoms with van der Waals surface area (Å²) in [6.45, 7) is 3.55. The van der Waals surface area contributed by atoms with Crippen molar-refractivity contribution in [1.82, 2.24) is 15.1 Å². The summed E-state index contributed by atoms with van der Waals surface area (Å²) < 4.78 is 28.6. The average molecular weight is 356 g/mol. The van der Waals surface area contributed by atoms with Gasteiger partial charge < -0.3 is 10.6 Å². The predicted molar refractivity (Wildman–Crippen MR) is 95.2 cm³/mol. The minimum absolute atomic E-state index is 0.211. The van der Waals surface area contributed by atoms with E-state index < -0.39 is 23.7 Å². The highest BCUT2D eigenvalue weighted by Gasteiger charge is 2.14. The molecule has 0 aliphatic rings. The smallest absolute Gasteiger partial charge is 0.319 e. The zero-order chi connectivity index (χ0) is 18.7. The van der Waals surface area contributed by atoms with Crippen LogP contribution in [-0.4, -0.2) is 15.8 Å². The number of benzene rings is 2. The lowest BCUT2D eigenvalue weighted by molar-refractivity contribution is 0.249. The highest BCUT2D eigenvalue weighted by molar-refractivity contribution is 5.89. The zero-order valence-electron chi connectivity index (χ0n) is 14.3. The molecule has 3 rings (SSSR count). The van der Waals surface area contributed by atoms with Crippen LogP contribution in [-0.2, 0) is 0 Å². The molecule has 1 atom stereocenters. The third-order valence-corrected chi connectivity index (χ3v) is 3.96. The number of nitrogens with zero attached hydrogens (tertiary/aromatic N) is 2. The fourth-order valence-corrected chi connectivity index (χ4v) is 2.65. The Morgan fingerprint density at radius 2 is 1.96 bits per heavy atom. The van der Waals surface area contributed by atoms with Crippen LogP contribution in [0.15, 0.2) is 54.7 Å². The standard InChI is InChI=1S/C19H18F2N4O/c1-12-8-9-22-25(12)16-5-3-4-15(11-16)24-19(26)23-13(2)17-7-6-14(20)10-18(17)21/h3-11,13H,1-2H3,(H2,23,24,26). The van der Waals surface area contributed by atoms with Crippen LogP contribution in [0.1, 0.15) is 24.2 Å². The van der Waals surface area contributed by atoms with Gasteiger partial charge in [-0.3, -0.25) is 0 Å². The van der Waals surface area contributed by atoms with Crippen molar-refractivity contribution in [2.45, 2.75) is 19.9 Å². The Balaban J connectivity index is 1.69. The van der Waals surface area contributed by atoms with Crippen LogP contribution in [0.2, 0.25) is 0 Å². The molecular weight excluding hydrogens is 338 g/mol. The van der Waals surface area contributed by atoms with E-state index in [1.807, 2.05) is 19.1 Å². The minimum Gasteiger partial charge on any atom is -0.331 e. The van der Waals surface area contributed by atoms with E-state index in [9.17, 15) is 13.6 Å². The summed E-state index contributed by atoms with van der Waals surface area (Å²) in [4.78, 5) is 12.2. The van der Waals surface area contributed by atoms with Gasteiger partial charge in [-0.2, -0.15) is 5.10 Å². The molecule has 0 bridgehead atoms. The quantitative estimate of drug-likeness (QED) is 0.730. The third kappa shape index (κ3) is 3.88. The summed E-state index contributed by atoms with van der Waals surface area (Å²) in [5, 5.41) is 9.57. The molecule has 2 aromatic carbocycles. The van der Waals surface area contributed by atoms with Crippen molar-refractivity contribution < 1.29 is 13.6 Å². The molecule has 26 heavy (non-hydrogen) atoms. The number of hydrogen-bond donors (Lipinski definition) is 2. The molecule has 1 aromatic heterocycles. The Bertz CT molecular complexity index is 939. The molecule has 2 amide bonds. The molecule has 5 nitrogen and oxygen atoms in total. The zero-order valence-corrected chi connectivity index (χ0v) is 14.3. The van der Waals surface area contributed by atoms with Gasteiger partial charge in [-0.15, -0.1) is 0 Å². The van der Waals surface area contributed by atoms with Crippen molar-refractivity contribution in [3.8, 4) is 5.69 Å². The number of hydrogen-bond acceptors (Lipinski definition) is 2. The lowest BCUT2D eigenvalue weighted by Crippen LogP contribution is -2.31. The SMILES string of the molecule is Cc1ccnn1-c1cccc(NC(=O)NC(C)c2ccc(F)cc2F)c1. The molecule has 134 valence electrons. The van der Waals surface area contributed by atoms with E-state index in [1.165, 1.54) is 6.07 Å². The maximum Gasteiger partial charge on any atom is 0.319 e. The Hall–Kier alpha value is -3.22. The summed E-state index contributed by atoms with van der Waals surface area (Å²) in [6.07, 6.45) is 1.70. The van der Waals surface area contributed by atoms with Crippen molar-refractivity contribution >= 4 is 11.7 Å². The third-order valence-electron chi connectivity index (χ3n) is 3.96. The highest BCUT2D eigenvalue weighted by atomic mass is 19.1. The monoisotopic (exact) mass is 356 g/mol. The number of urea groups is 1. The van der Waals surface area contributed by atoms with Crippen molar-refractivity contribution in [1.29, 1.82) is 0 Å². The van der Waals surface area contributed by atoms with Gasteiger partial charge in [0.15, 0.2) is 0 Å². The molecule has 0 aliphatic heterocycles. The van der Waals surface area contributed by atoms with E-state index in [0.29, 0.717) is 5.69 Å². The largest absolute Gasteiger partial charge is 0.331 e. The number of aryl methyl sites for hydroxylation is 1. The number of aromatic nitrogens is 2. The number of anilines is 1. The van der Waals surface area contributed by atoms with Crippen LogP contribution < -0.4 is 10.6 Å². The molecule has 1 heterocycles. The van der Waals surface area contributed by atoms with Crippen molar-refractivity contribution in [3.63, 3.8) is 0 Å². The summed E-state index contributed by atoms with van der Waals surface area (Å²) in [5.74, 6) is -1.36. The van der Waals surface area contributed by atoms with E-state index in [-0.39, 0.29) is 5.56 Å². The normalized spacial score (nSPS) is 11.8. The van der Waals surface area contributed by atoms with E-state index in [2.05, 4.69) is 15.7 Å². The molecule has 3 aromatic rings. The first-order chi connectivity index (χ1) is 12.4. The van der Waals surface area contributed by atoms with Gasteiger partial charge >= 0.3 is 6.03 Å². The van der Waals surface area contributed by atoms with Gasteiger partial charge in [0.25, 0.3) is 0 Å². The predicted octanol–water partition coefficient (Wildman–Crippen LogP) is 4.34. The van der Waals surface area contributed by atoms with Gasteiger partial charge in [-0.25, -0.2) is 18.3 Å². The molecule has 0 spiro atoms. The van der Waals surface area contributed by atoms with E-state index in [4.69, 9.17) is 0 Å². The summed E-state index contributed by atoms with van der Waals surface area (Å²) >= 11 is 0. The Morgan fingerprint density at radius 3 is 2.65 bits per heavy atom. The fourth-order valence-electron chi connectivity index (χ4n) is 2.65. The second kappa shape index (κ2) is 7.35. The lowest BCUT2D eigenvalue weighted by Gasteiger charge is -2.16. The van der Waals surface area contributed by atoms with E-state index >= 15 is 0 Å². The summed E-state index contributed by atoms with van der Waals surface area (Å²) in [5.41, 5.74) is 2.55. The maximum absolute atomic E-state index is 13.8. The molecule has 0 saturated carbocycles. The van der Waals surface area contributed by atoms with Crippen molar-refractivity contribution in [2.24, 2.45) is 0 Å². The lowest BCUT2D eigenvalue weighted by atomic mass is 10.1. The molecule has 0 saturated heterocycles. The number of carbonyl (C=O) groups excluding carboxylic acids is 1. The molecule has 0 fully saturated rings. The number of amides is 2. The number of nitrogens with one attached hydrogen (secondary N) is 2. The van der Waals surface area contributed by atoms with Crippen molar-refractivity contribution in [3.05, 3.63) is 77.6 Å². The fraction of sp³-hybridized carbons (Fsp3) is 0.158. The molecule has 0 radical (unpaired) electrons. The van der Waals surface area contributed by atoms with Crippen LogP contribution in [0.5, 0.6) is 0 Å². The summed E-state index contributed by atoms with van der Waals surface area (Å²) in [7, 11) is 0. The highest BCUT2D eigenvalue weighted by Crippen LogP contribution is 2.19. The van der Waals surface area contributed by atoms with Crippen molar-refractivity contribution in [2.75, 3.05) is 5.32 Å². The molecule has 1 unspecified atom stereocenters. The summed E-state index contributed by atoms with van der Waals surface area (Å²) in [6, 6.07) is 11.2. The second-order valence-electron chi connectivity index (χ2n) is 5.92. The Morgan fingerprint density at radius 1 is 1.15 bits per heavy atom. The van der Waals surface area contributed by atoms with Gasteiger partial charge in [-0.05, 0) is 44.2 Å². The van der Waals surface area contributed by atoms with Gasteiger partial charge in [0.05, 0.1) is 11.7 Å². The first kappa shape index (κ1) is 17.6. The minimum atomic E-state index is -0.700. The van der Waals surface area contributed by atoms with Crippen LogP contribution in [0.3, 0.4) is 0 Å². The molecule has 2 N–H and O–H groups in total. The molecular formula is C19H18F2N4O. The number of rotatable bonds is 4. The van der Waals surface area contributed by atoms with Crippen LogP contribution in [0, 0.1) is 18.6 Å². The van der Waals surface area contributed by atoms with Crippen LogP contribution >= 0.6 is 0 Å². The first-order valence-corrected chi connectivity index (χ1v) is 8.07. The maximum atomic E-state index is 13.8. The number of halogens is 2. The van der Waals surface area contributed by atoms with Gasteiger partial charge in [0, 0.05) is 29.2 Å². The van der Waals surface area contributed by atoms with E-state index in [1.54, 1.807) is 36.0 Å².